The van der Waals surface area contributed by atoms with E-state index in [9.17, 15) is 17.2 Å². The molecule has 0 aliphatic carbocycles. The molecule has 0 amide bonds. The summed E-state index contributed by atoms with van der Waals surface area (Å²) in [6.45, 7) is 3.23. The van der Waals surface area contributed by atoms with Crippen LogP contribution in [0.15, 0.2) is 23.1 Å². The van der Waals surface area contributed by atoms with Crippen molar-refractivity contribution in [3.63, 3.8) is 0 Å². The van der Waals surface area contributed by atoms with Crippen LogP contribution in [0.5, 0.6) is 0 Å². The number of aromatic nitrogens is 2. The van der Waals surface area contributed by atoms with Crippen LogP contribution in [-0.2, 0) is 16.4 Å². The van der Waals surface area contributed by atoms with E-state index in [1.54, 1.807) is 13.8 Å². The van der Waals surface area contributed by atoms with Crippen LogP contribution in [0.1, 0.15) is 17.0 Å². The number of halogens is 2. The summed E-state index contributed by atoms with van der Waals surface area (Å²) in [6, 6.07) is 3.11. The molecule has 5 nitrogen and oxygen atoms in total. The molecule has 0 aliphatic heterocycles. The van der Waals surface area contributed by atoms with Crippen molar-refractivity contribution in [2.24, 2.45) is 0 Å². The molecule has 0 aliphatic rings. The monoisotopic (exact) mass is 315 g/mol. The molecule has 1 heterocycles. The fraction of sp³-hybridized carbons (Fsp3) is 0.308. The minimum absolute atomic E-state index is 0.0370. The Morgan fingerprint density at radius 1 is 1.19 bits per heavy atom. The topological polar surface area (TPSA) is 74.8 Å². The van der Waals surface area contributed by atoms with Crippen molar-refractivity contribution in [2.75, 3.05) is 6.54 Å². The number of benzene rings is 1. The molecule has 21 heavy (non-hydrogen) atoms. The Hall–Kier alpha value is -1.80. The van der Waals surface area contributed by atoms with Gasteiger partial charge in [-0.2, -0.15) is 5.10 Å². The Labute approximate surface area is 121 Å². The number of hydrogen-bond acceptors (Lipinski definition) is 3. The zero-order valence-electron chi connectivity index (χ0n) is 11.6. The largest absolute Gasteiger partial charge is 0.281 e. The lowest BCUT2D eigenvalue weighted by Gasteiger charge is -2.07. The molecule has 0 atom stereocenters. The Morgan fingerprint density at radius 2 is 1.81 bits per heavy atom. The van der Waals surface area contributed by atoms with Gasteiger partial charge < -0.3 is 0 Å². The third-order valence-corrected chi connectivity index (χ3v) is 4.68. The van der Waals surface area contributed by atoms with Crippen molar-refractivity contribution in [3.8, 4) is 0 Å². The quantitative estimate of drug-likeness (QED) is 0.884. The van der Waals surface area contributed by atoms with E-state index in [0.717, 1.165) is 6.07 Å². The first kappa shape index (κ1) is 15.6. The molecular formula is C13H15F2N3O2S. The molecule has 0 saturated heterocycles. The Bertz CT molecular complexity index is 717. The maximum Gasteiger partial charge on any atom is 0.244 e. The summed E-state index contributed by atoms with van der Waals surface area (Å²) in [5, 5.41) is 6.43. The third-order valence-electron chi connectivity index (χ3n) is 2.96. The van der Waals surface area contributed by atoms with Crippen molar-refractivity contribution in [1.82, 2.24) is 14.9 Å². The summed E-state index contributed by atoms with van der Waals surface area (Å²) in [4.78, 5) is 0.105. The van der Waals surface area contributed by atoms with E-state index in [0.29, 0.717) is 17.0 Å². The van der Waals surface area contributed by atoms with Crippen molar-refractivity contribution in [3.05, 3.63) is 46.8 Å². The molecule has 2 rings (SSSR count). The summed E-state index contributed by atoms with van der Waals surface area (Å²) in [5.41, 5.74) is 1.20. The Morgan fingerprint density at radius 3 is 2.33 bits per heavy atom. The van der Waals surface area contributed by atoms with Gasteiger partial charge in [-0.15, -0.1) is 0 Å². The molecule has 0 saturated carbocycles. The van der Waals surface area contributed by atoms with Gasteiger partial charge in [0, 0.05) is 12.6 Å². The van der Waals surface area contributed by atoms with Crippen LogP contribution in [0.3, 0.4) is 0 Å². The first-order valence-electron chi connectivity index (χ1n) is 6.26. The summed E-state index contributed by atoms with van der Waals surface area (Å²) in [7, 11) is -3.70. The molecule has 1 aromatic carbocycles. The molecule has 114 valence electrons. The van der Waals surface area contributed by atoms with Crippen molar-refractivity contribution >= 4 is 10.0 Å². The van der Waals surface area contributed by atoms with Crippen LogP contribution in [0.2, 0.25) is 0 Å². The van der Waals surface area contributed by atoms with Gasteiger partial charge in [0.2, 0.25) is 10.0 Å². The highest BCUT2D eigenvalue weighted by Crippen LogP contribution is 2.16. The molecule has 0 bridgehead atoms. The second-order valence-electron chi connectivity index (χ2n) is 4.69. The van der Waals surface area contributed by atoms with Crippen LogP contribution in [-0.4, -0.2) is 25.2 Å². The number of aromatic amines is 1. The Kier molecular flexibility index (Phi) is 4.38. The number of hydrogen-bond donors (Lipinski definition) is 2. The molecule has 8 heteroatoms. The highest BCUT2D eigenvalue weighted by molar-refractivity contribution is 7.89. The molecule has 1 aromatic heterocycles. The zero-order valence-corrected chi connectivity index (χ0v) is 12.4. The van der Waals surface area contributed by atoms with Gasteiger partial charge in [-0.05, 0) is 38.0 Å². The van der Waals surface area contributed by atoms with Crippen LogP contribution < -0.4 is 4.72 Å². The first-order chi connectivity index (χ1) is 9.79. The molecule has 0 fully saturated rings. The highest BCUT2D eigenvalue weighted by atomic mass is 32.2. The average Bonchev–Trinajstić information content (AvgIpc) is 2.68. The lowest BCUT2D eigenvalue weighted by Crippen LogP contribution is -2.26. The van der Waals surface area contributed by atoms with Gasteiger partial charge in [0.1, 0.15) is 16.5 Å². The van der Waals surface area contributed by atoms with Crippen molar-refractivity contribution in [1.29, 1.82) is 0 Å². The van der Waals surface area contributed by atoms with Crippen molar-refractivity contribution < 1.29 is 17.2 Å². The van der Waals surface area contributed by atoms with E-state index in [1.807, 2.05) is 0 Å². The summed E-state index contributed by atoms with van der Waals surface area (Å²) >= 11 is 0. The van der Waals surface area contributed by atoms with E-state index >= 15 is 0 Å². The highest BCUT2D eigenvalue weighted by Gasteiger charge is 2.21. The number of rotatable bonds is 5. The summed E-state index contributed by atoms with van der Waals surface area (Å²) < 4.78 is 52.7. The minimum Gasteiger partial charge on any atom is -0.281 e. The fourth-order valence-electron chi connectivity index (χ4n) is 2.09. The van der Waals surface area contributed by atoms with E-state index in [4.69, 9.17) is 0 Å². The van der Waals surface area contributed by atoms with E-state index in [2.05, 4.69) is 14.9 Å². The number of aryl methyl sites for hydroxylation is 2. The van der Waals surface area contributed by atoms with Crippen molar-refractivity contribution in [2.45, 2.75) is 25.2 Å². The summed E-state index contributed by atoms with van der Waals surface area (Å²) in [5.74, 6) is -1.37. The molecule has 0 unspecified atom stereocenters. The normalized spacial score (nSPS) is 11.8. The van der Waals surface area contributed by atoms with Gasteiger partial charge in [-0.1, -0.05) is 0 Å². The predicted molar refractivity (Wildman–Crippen MR) is 73.3 cm³/mol. The maximum atomic E-state index is 13.0. The maximum absolute atomic E-state index is 13.0. The van der Waals surface area contributed by atoms with E-state index < -0.39 is 21.7 Å². The van der Waals surface area contributed by atoms with E-state index in [-0.39, 0.29) is 17.9 Å². The van der Waals surface area contributed by atoms with Gasteiger partial charge >= 0.3 is 0 Å². The van der Waals surface area contributed by atoms with Gasteiger partial charge in [0.15, 0.2) is 0 Å². The van der Waals surface area contributed by atoms with Crippen LogP contribution >= 0.6 is 0 Å². The number of nitrogens with one attached hydrogen (secondary N) is 2. The van der Waals surface area contributed by atoms with Gasteiger partial charge in [0.25, 0.3) is 0 Å². The average molecular weight is 315 g/mol. The third kappa shape index (κ3) is 3.64. The molecule has 2 aromatic rings. The van der Waals surface area contributed by atoms with Gasteiger partial charge in [-0.3, -0.25) is 5.10 Å². The fourth-order valence-corrected chi connectivity index (χ4v) is 3.49. The van der Waals surface area contributed by atoms with Crippen LogP contribution in [0, 0.1) is 25.5 Å². The molecule has 0 spiro atoms. The van der Waals surface area contributed by atoms with Crippen LogP contribution in [0.4, 0.5) is 8.78 Å². The number of sulfonamides is 1. The second-order valence-corrected chi connectivity index (χ2v) is 6.39. The number of H-pyrrole nitrogens is 1. The first-order valence-corrected chi connectivity index (χ1v) is 7.74. The van der Waals surface area contributed by atoms with Crippen LogP contribution in [0.25, 0.3) is 0 Å². The predicted octanol–water partition coefficient (Wildman–Crippen LogP) is 1.83. The number of nitrogens with zero attached hydrogens (tertiary/aromatic N) is 1. The SMILES string of the molecule is Cc1n[nH]c(C)c1S(=O)(=O)NCCc1cc(F)cc(F)c1. The van der Waals surface area contributed by atoms with Gasteiger partial charge in [-0.25, -0.2) is 21.9 Å². The minimum atomic E-state index is -3.70. The second kappa shape index (κ2) is 5.90. The molecule has 0 radical (unpaired) electrons. The Balaban J connectivity index is 2.06. The smallest absolute Gasteiger partial charge is 0.244 e. The molecular weight excluding hydrogens is 300 g/mol. The lowest BCUT2D eigenvalue weighted by molar-refractivity contribution is 0.576. The van der Waals surface area contributed by atoms with E-state index in [1.165, 1.54) is 12.1 Å². The summed E-state index contributed by atoms with van der Waals surface area (Å²) in [6.07, 6.45) is 0.184. The zero-order chi connectivity index (χ0) is 15.6. The molecule has 2 N–H and O–H groups in total. The van der Waals surface area contributed by atoms with Gasteiger partial charge in [0.05, 0.1) is 11.4 Å². The lowest BCUT2D eigenvalue weighted by atomic mass is 10.1. The standard InChI is InChI=1S/C13H15F2N3O2S/c1-8-13(9(2)18-17-8)21(19,20)16-4-3-10-5-11(14)7-12(15)6-10/h5-7,16H,3-4H2,1-2H3,(H,17,18).